The van der Waals surface area contributed by atoms with Crippen LogP contribution in [0.2, 0.25) is 0 Å². The number of aliphatic hydroxyl groups is 1. The highest BCUT2D eigenvalue weighted by Gasteiger charge is 2.30. The fourth-order valence-electron chi connectivity index (χ4n) is 1.89. The van der Waals surface area contributed by atoms with Crippen LogP contribution < -0.4 is 0 Å². The van der Waals surface area contributed by atoms with E-state index in [9.17, 15) is 9.50 Å². The fourth-order valence-corrected chi connectivity index (χ4v) is 1.89. The summed E-state index contributed by atoms with van der Waals surface area (Å²) in [5.74, 6) is 0.113. The van der Waals surface area contributed by atoms with E-state index in [0.717, 1.165) is 12.1 Å². The largest absolute Gasteiger partial charge is 0.390 e. The summed E-state index contributed by atoms with van der Waals surface area (Å²) >= 11 is 0. The minimum absolute atomic E-state index is 0.113. The molecule has 14 heavy (non-hydrogen) atoms. The highest BCUT2D eigenvalue weighted by molar-refractivity contribution is 5.06. The lowest BCUT2D eigenvalue weighted by Gasteiger charge is -2.27. The van der Waals surface area contributed by atoms with Crippen molar-refractivity contribution in [3.05, 3.63) is 24.3 Å². The van der Waals surface area contributed by atoms with Gasteiger partial charge >= 0.3 is 0 Å². The van der Waals surface area contributed by atoms with Gasteiger partial charge in [-0.2, -0.15) is 0 Å². The Bertz CT molecular complexity index is 293. The Balaban J connectivity index is 2.07. The lowest BCUT2D eigenvalue weighted by atomic mass is 9.84. The molecule has 1 N–H and O–H groups in total. The van der Waals surface area contributed by atoms with Crippen molar-refractivity contribution < 1.29 is 9.50 Å². The van der Waals surface area contributed by atoms with Gasteiger partial charge in [-0.1, -0.05) is 0 Å². The van der Waals surface area contributed by atoms with E-state index in [2.05, 4.69) is 9.97 Å². The molecule has 1 aromatic heterocycles. The molecule has 1 aliphatic carbocycles. The molecule has 0 aromatic carbocycles. The maximum atomic E-state index is 13.2. The molecule has 1 aliphatic rings. The first kappa shape index (κ1) is 9.52. The van der Waals surface area contributed by atoms with E-state index in [0.29, 0.717) is 12.8 Å². The molecule has 0 amide bonds. The third-order valence-corrected chi connectivity index (χ3v) is 2.74. The second-order valence-electron chi connectivity index (χ2n) is 3.72. The Hall–Kier alpha value is -1.03. The summed E-state index contributed by atoms with van der Waals surface area (Å²) in [6.45, 7) is 0. The van der Waals surface area contributed by atoms with Gasteiger partial charge < -0.3 is 5.11 Å². The molecule has 2 rings (SSSR count). The third kappa shape index (κ3) is 1.90. The lowest BCUT2D eigenvalue weighted by Crippen LogP contribution is -2.29. The Morgan fingerprint density at radius 2 is 2.21 bits per heavy atom. The van der Waals surface area contributed by atoms with Crippen molar-refractivity contribution in [3.63, 3.8) is 0 Å². The first-order chi connectivity index (χ1) is 6.77. The van der Waals surface area contributed by atoms with Crippen LogP contribution in [0.25, 0.3) is 0 Å². The van der Waals surface area contributed by atoms with Crippen molar-refractivity contribution in [2.24, 2.45) is 0 Å². The second-order valence-corrected chi connectivity index (χ2v) is 3.72. The molecule has 3 atom stereocenters. The maximum absolute atomic E-state index is 13.2. The summed E-state index contributed by atoms with van der Waals surface area (Å²) in [5.41, 5.74) is 0.835. The number of hydrogen-bond acceptors (Lipinski definition) is 3. The number of halogens is 1. The SMILES string of the molecule is O[C@@H]1CC[C@H](c2cnccn2)C[C@@H]1F. The van der Waals surface area contributed by atoms with E-state index < -0.39 is 12.3 Å². The Kier molecular flexibility index (Phi) is 2.72. The molecule has 3 nitrogen and oxygen atoms in total. The zero-order valence-electron chi connectivity index (χ0n) is 7.81. The van der Waals surface area contributed by atoms with Crippen LogP contribution in [-0.2, 0) is 0 Å². The molecule has 0 radical (unpaired) electrons. The van der Waals surface area contributed by atoms with Crippen molar-refractivity contribution in [1.82, 2.24) is 9.97 Å². The fraction of sp³-hybridized carbons (Fsp3) is 0.600. The average molecular weight is 196 g/mol. The molecule has 1 heterocycles. The van der Waals surface area contributed by atoms with Gasteiger partial charge in [0.1, 0.15) is 6.17 Å². The molecule has 4 heteroatoms. The standard InChI is InChI=1S/C10H13FN2O/c11-8-5-7(1-2-10(8)14)9-6-12-3-4-13-9/h3-4,6-8,10,14H,1-2,5H2/t7-,8-,10+/m0/s1. The van der Waals surface area contributed by atoms with Crippen LogP contribution in [0.5, 0.6) is 0 Å². The van der Waals surface area contributed by atoms with E-state index in [4.69, 9.17) is 0 Å². The van der Waals surface area contributed by atoms with E-state index in [-0.39, 0.29) is 5.92 Å². The van der Waals surface area contributed by atoms with Crippen molar-refractivity contribution in [3.8, 4) is 0 Å². The van der Waals surface area contributed by atoms with E-state index in [1.807, 2.05) is 0 Å². The molecule has 0 bridgehead atoms. The predicted molar refractivity (Wildman–Crippen MR) is 49.5 cm³/mol. The number of hydrogen-bond donors (Lipinski definition) is 1. The Morgan fingerprint density at radius 1 is 1.36 bits per heavy atom. The Morgan fingerprint density at radius 3 is 2.86 bits per heavy atom. The van der Waals surface area contributed by atoms with Gasteiger partial charge in [0, 0.05) is 24.5 Å². The maximum Gasteiger partial charge on any atom is 0.127 e. The number of aromatic nitrogens is 2. The average Bonchev–Trinajstić information content (AvgIpc) is 2.23. The smallest absolute Gasteiger partial charge is 0.127 e. The molecule has 76 valence electrons. The van der Waals surface area contributed by atoms with E-state index >= 15 is 0 Å². The summed E-state index contributed by atoms with van der Waals surface area (Å²) in [5, 5.41) is 9.23. The molecule has 0 aliphatic heterocycles. The molecule has 0 spiro atoms. The van der Waals surface area contributed by atoms with Crippen LogP contribution in [-0.4, -0.2) is 27.4 Å². The predicted octanol–water partition coefficient (Wildman–Crippen LogP) is 1.44. The molecular formula is C10H13FN2O. The van der Waals surface area contributed by atoms with Gasteiger partial charge in [-0.05, 0) is 19.3 Å². The van der Waals surface area contributed by atoms with Crippen LogP contribution in [0.1, 0.15) is 30.9 Å². The van der Waals surface area contributed by atoms with Gasteiger partial charge in [-0.3, -0.25) is 9.97 Å². The van der Waals surface area contributed by atoms with Crippen LogP contribution in [0.4, 0.5) is 4.39 Å². The van der Waals surface area contributed by atoms with Gasteiger partial charge in [-0.15, -0.1) is 0 Å². The van der Waals surface area contributed by atoms with Gasteiger partial charge in [0.15, 0.2) is 0 Å². The topological polar surface area (TPSA) is 46.0 Å². The first-order valence-corrected chi connectivity index (χ1v) is 4.85. The molecule has 1 fully saturated rings. The normalized spacial score (nSPS) is 32.9. The van der Waals surface area contributed by atoms with Crippen LogP contribution >= 0.6 is 0 Å². The summed E-state index contributed by atoms with van der Waals surface area (Å²) in [4.78, 5) is 8.11. The Labute approximate surface area is 82.0 Å². The highest BCUT2D eigenvalue weighted by Crippen LogP contribution is 2.32. The van der Waals surface area contributed by atoms with Crippen LogP contribution in [0.3, 0.4) is 0 Å². The van der Waals surface area contributed by atoms with Crippen molar-refractivity contribution in [2.75, 3.05) is 0 Å². The zero-order valence-corrected chi connectivity index (χ0v) is 7.81. The van der Waals surface area contributed by atoms with E-state index in [1.165, 1.54) is 0 Å². The van der Waals surface area contributed by atoms with Gasteiger partial charge in [0.2, 0.25) is 0 Å². The summed E-state index contributed by atoms with van der Waals surface area (Å²) in [6.07, 6.45) is 4.66. The zero-order chi connectivity index (χ0) is 9.97. The molecule has 0 saturated heterocycles. The molecular weight excluding hydrogens is 183 g/mol. The van der Waals surface area contributed by atoms with Crippen molar-refractivity contribution in [1.29, 1.82) is 0 Å². The summed E-state index contributed by atoms with van der Waals surface area (Å²) in [6, 6.07) is 0. The third-order valence-electron chi connectivity index (χ3n) is 2.74. The van der Waals surface area contributed by atoms with Crippen molar-refractivity contribution in [2.45, 2.75) is 37.5 Å². The second kappa shape index (κ2) is 4.00. The summed E-state index contributed by atoms with van der Waals surface area (Å²) in [7, 11) is 0. The van der Waals surface area contributed by atoms with Crippen LogP contribution in [0.15, 0.2) is 18.6 Å². The van der Waals surface area contributed by atoms with Gasteiger partial charge in [-0.25, -0.2) is 4.39 Å². The minimum Gasteiger partial charge on any atom is -0.390 e. The molecule has 0 unspecified atom stereocenters. The number of nitrogens with zero attached hydrogens (tertiary/aromatic N) is 2. The highest BCUT2D eigenvalue weighted by atomic mass is 19.1. The van der Waals surface area contributed by atoms with Gasteiger partial charge in [0.05, 0.1) is 11.8 Å². The molecule has 1 saturated carbocycles. The molecule has 1 aromatic rings. The van der Waals surface area contributed by atoms with E-state index in [1.54, 1.807) is 18.6 Å². The van der Waals surface area contributed by atoms with Crippen LogP contribution in [0, 0.1) is 0 Å². The first-order valence-electron chi connectivity index (χ1n) is 4.85. The van der Waals surface area contributed by atoms with Gasteiger partial charge in [0.25, 0.3) is 0 Å². The monoisotopic (exact) mass is 196 g/mol. The lowest BCUT2D eigenvalue weighted by molar-refractivity contribution is 0.0363. The quantitative estimate of drug-likeness (QED) is 0.739. The summed E-state index contributed by atoms with van der Waals surface area (Å²) < 4.78 is 13.2. The minimum atomic E-state index is -1.12. The number of alkyl halides is 1. The number of rotatable bonds is 1. The number of aliphatic hydroxyl groups excluding tert-OH is 1. The van der Waals surface area contributed by atoms with Crippen molar-refractivity contribution >= 4 is 0 Å².